The number of nitrogens with one attached hydrogen (secondary N) is 1. The molecule has 0 bridgehead atoms. The second kappa shape index (κ2) is 4.97. The van der Waals surface area contributed by atoms with Crippen molar-refractivity contribution in [1.82, 2.24) is 5.32 Å². The lowest BCUT2D eigenvalue weighted by atomic mass is 10.1. The van der Waals surface area contributed by atoms with Crippen molar-refractivity contribution >= 4 is 0 Å². The quantitative estimate of drug-likeness (QED) is 0.496. The van der Waals surface area contributed by atoms with Gasteiger partial charge >= 0.3 is 0 Å². The zero-order chi connectivity index (χ0) is 8.81. The molecule has 0 radical (unpaired) electrons. The normalized spacial score (nSPS) is 19.5. The molecule has 1 heterocycles. The smallest absolute Gasteiger partial charge is 0.0660 e. The van der Waals surface area contributed by atoms with Crippen LogP contribution in [-0.4, -0.2) is 25.8 Å². The van der Waals surface area contributed by atoms with Gasteiger partial charge in [0.2, 0.25) is 0 Å². The van der Waals surface area contributed by atoms with Crippen molar-refractivity contribution in [1.29, 1.82) is 0 Å². The van der Waals surface area contributed by atoms with Crippen LogP contribution < -0.4 is 5.32 Å². The Kier molecular flexibility index (Phi) is 3.86. The molecule has 2 heteroatoms. The summed E-state index contributed by atoms with van der Waals surface area (Å²) < 4.78 is 5.19. The van der Waals surface area contributed by atoms with Crippen LogP contribution in [0.15, 0.2) is 11.6 Å². The maximum absolute atomic E-state index is 5.23. The molecule has 1 unspecified atom stereocenters. The van der Waals surface area contributed by atoms with Crippen LogP contribution in [0.5, 0.6) is 0 Å². The maximum atomic E-state index is 5.23. The van der Waals surface area contributed by atoms with Crippen molar-refractivity contribution < 1.29 is 4.74 Å². The van der Waals surface area contributed by atoms with Gasteiger partial charge in [0.05, 0.1) is 19.3 Å². The van der Waals surface area contributed by atoms with E-state index in [1.54, 1.807) is 0 Å². The monoisotopic (exact) mass is 165 g/mol. The van der Waals surface area contributed by atoms with Gasteiger partial charge in [0.15, 0.2) is 0 Å². The van der Waals surface area contributed by atoms with Crippen molar-refractivity contribution in [3.8, 4) is 12.3 Å². The molecule has 1 aliphatic rings. The Bertz CT molecular complexity index is 202. The van der Waals surface area contributed by atoms with Crippen molar-refractivity contribution in [2.45, 2.75) is 19.4 Å². The van der Waals surface area contributed by atoms with Crippen LogP contribution in [0.1, 0.15) is 13.3 Å². The highest BCUT2D eigenvalue weighted by atomic mass is 16.5. The third-order valence-electron chi connectivity index (χ3n) is 1.94. The molecular weight excluding hydrogens is 150 g/mol. The van der Waals surface area contributed by atoms with E-state index < -0.39 is 0 Å². The molecule has 12 heavy (non-hydrogen) atoms. The van der Waals surface area contributed by atoms with Crippen molar-refractivity contribution in [3.63, 3.8) is 0 Å². The molecule has 2 nitrogen and oxygen atoms in total. The van der Waals surface area contributed by atoms with Crippen molar-refractivity contribution in [2.24, 2.45) is 0 Å². The number of hydrogen-bond donors (Lipinski definition) is 1. The summed E-state index contributed by atoms with van der Waals surface area (Å²) in [7, 11) is 0. The minimum Gasteiger partial charge on any atom is -0.377 e. The van der Waals surface area contributed by atoms with Gasteiger partial charge in [0.25, 0.3) is 0 Å². The van der Waals surface area contributed by atoms with Crippen LogP contribution in [0, 0.1) is 12.3 Å². The average molecular weight is 165 g/mol. The summed E-state index contributed by atoms with van der Waals surface area (Å²) >= 11 is 0. The second-order valence-electron chi connectivity index (χ2n) is 2.96. The number of ether oxygens (including phenoxy) is 1. The van der Waals surface area contributed by atoms with Gasteiger partial charge < -0.3 is 10.1 Å². The van der Waals surface area contributed by atoms with Gasteiger partial charge in [-0.3, -0.25) is 0 Å². The van der Waals surface area contributed by atoms with Crippen LogP contribution in [0.2, 0.25) is 0 Å². The minimum absolute atomic E-state index is 0.161. The minimum atomic E-state index is 0.161. The first-order valence-corrected chi connectivity index (χ1v) is 4.28. The lowest BCUT2D eigenvalue weighted by molar-refractivity contribution is 0.153. The summed E-state index contributed by atoms with van der Waals surface area (Å²) in [6.45, 7) is 4.48. The van der Waals surface area contributed by atoms with Gasteiger partial charge in [-0.05, 0) is 13.3 Å². The van der Waals surface area contributed by atoms with E-state index in [9.17, 15) is 0 Å². The fourth-order valence-electron chi connectivity index (χ4n) is 1.07. The van der Waals surface area contributed by atoms with E-state index in [0.717, 1.165) is 26.2 Å². The molecule has 1 aliphatic heterocycles. The summed E-state index contributed by atoms with van der Waals surface area (Å²) in [6, 6.07) is 0.161. The summed E-state index contributed by atoms with van der Waals surface area (Å²) in [5, 5.41) is 3.24. The first kappa shape index (κ1) is 9.31. The molecule has 1 N–H and O–H groups in total. The Morgan fingerprint density at radius 1 is 1.83 bits per heavy atom. The van der Waals surface area contributed by atoms with E-state index in [0.29, 0.717) is 0 Å². The predicted molar refractivity (Wildman–Crippen MR) is 49.8 cm³/mol. The Hall–Kier alpha value is -0.780. The van der Waals surface area contributed by atoms with Gasteiger partial charge in [-0.1, -0.05) is 17.6 Å². The lowest BCUT2D eigenvalue weighted by Crippen LogP contribution is -2.27. The van der Waals surface area contributed by atoms with Crippen LogP contribution >= 0.6 is 0 Å². The summed E-state index contributed by atoms with van der Waals surface area (Å²) in [5.41, 5.74) is 1.41. The molecule has 0 aromatic heterocycles. The molecule has 0 aromatic carbocycles. The van der Waals surface area contributed by atoms with Crippen molar-refractivity contribution in [2.75, 3.05) is 19.8 Å². The van der Waals surface area contributed by atoms with Crippen LogP contribution in [-0.2, 0) is 4.74 Å². The fourth-order valence-corrected chi connectivity index (χ4v) is 1.07. The largest absolute Gasteiger partial charge is 0.377 e. The molecule has 0 aromatic rings. The van der Waals surface area contributed by atoms with Gasteiger partial charge in [0, 0.05) is 6.54 Å². The highest BCUT2D eigenvalue weighted by Crippen LogP contribution is 2.05. The van der Waals surface area contributed by atoms with E-state index in [-0.39, 0.29) is 6.04 Å². The first-order valence-electron chi connectivity index (χ1n) is 4.28. The molecule has 0 amide bonds. The van der Waals surface area contributed by atoms with Gasteiger partial charge in [0.1, 0.15) is 0 Å². The number of terminal acetylenes is 1. The van der Waals surface area contributed by atoms with E-state index in [1.807, 2.05) is 6.92 Å². The standard InChI is InChI=1S/C10H15NO/c1-3-9(2)11-8-10-4-6-12-7-5-10/h1,4,9,11H,5-8H2,2H3. The van der Waals surface area contributed by atoms with E-state index in [1.165, 1.54) is 5.57 Å². The topological polar surface area (TPSA) is 21.3 Å². The highest BCUT2D eigenvalue weighted by molar-refractivity contribution is 5.08. The third kappa shape index (κ3) is 3.08. The molecule has 0 saturated carbocycles. The Balaban J connectivity index is 2.22. The molecule has 0 saturated heterocycles. The third-order valence-corrected chi connectivity index (χ3v) is 1.94. The summed E-state index contributed by atoms with van der Waals surface area (Å²) in [5.74, 6) is 2.63. The molecule has 1 atom stereocenters. The van der Waals surface area contributed by atoms with E-state index in [2.05, 4.69) is 17.3 Å². The SMILES string of the molecule is C#CC(C)NCC1=CCOCC1. The maximum Gasteiger partial charge on any atom is 0.0660 e. The predicted octanol–water partition coefficient (Wildman–Crippen LogP) is 0.944. The summed E-state index contributed by atoms with van der Waals surface area (Å²) in [4.78, 5) is 0. The molecule has 66 valence electrons. The molecular formula is C10H15NO. The van der Waals surface area contributed by atoms with Crippen molar-refractivity contribution in [3.05, 3.63) is 11.6 Å². The van der Waals surface area contributed by atoms with Crippen LogP contribution in [0.3, 0.4) is 0 Å². The van der Waals surface area contributed by atoms with E-state index in [4.69, 9.17) is 11.2 Å². The second-order valence-corrected chi connectivity index (χ2v) is 2.96. The Morgan fingerprint density at radius 3 is 3.25 bits per heavy atom. The lowest BCUT2D eigenvalue weighted by Gasteiger charge is -2.15. The van der Waals surface area contributed by atoms with Crippen LogP contribution in [0.4, 0.5) is 0 Å². The first-order chi connectivity index (χ1) is 5.83. The Morgan fingerprint density at radius 2 is 2.67 bits per heavy atom. The Labute approximate surface area is 74.0 Å². The fraction of sp³-hybridized carbons (Fsp3) is 0.600. The highest BCUT2D eigenvalue weighted by Gasteiger charge is 2.03. The molecule has 0 fully saturated rings. The number of hydrogen-bond acceptors (Lipinski definition) is 2. The van der Waals surface area contributed by atoms with Gasteiger partial charge in [-0.25, -0.2) is 0 Å². The zero-order valence-electron chi connectivity index (χ0n) is 7.47. The van der Waals surface area contributed by atoms with Gasteiger partial charge in [-0.2, -0.15) is 0 Å². The van der Waals surface area contributed by atoms with E-state index >= 15 is 0 Å². The zero-order valence-corrected chi connectivity index (χ0v) is 7.47. The van der Waals surface area contributed by atoms with Crippen LogP contribution in [0.25, 0.3) is 0 Å². The summed E-state index contributed by atoms with van der Waals surface area (Å²) in [6.07, 6.45) is 8.39. The molecule has 0 spiro atoms. The average Bonchev–Trinajstić information content (AvgIpc) is 2.16. The van der Waals surface area contributed by atoms with Gasteiger partial charge in [-0.15, -0.1) is 6.42 Å². The molecule has 1 rings (SSSR count). The number of rotatable bonds is 3. The molecule has 0 aliphatic carbocycles.